The summed E-state index contributed by atoms with van der Waals surface area (Å²) in [6, 6.07) is 65.1. The fourth-order valence-corrected chi connectivity index (χ4v) is 9.15. The second-order valence-corrected chi connectivity index (χ2v) is 15.7. The van der Waals surface area contributed by atoms with Crippen LogP contribution in [0.2, 0.25) is 0 Å². The highest BCUT2D eigenvalue weighted by Crippen LogP contribution is 2.56. The van der Waals surface area contributed by atoms with Crippen LogP contribution < -0.4 is 0 Å². The van der Waals surface area contributed by atoms with Gasteiger partial charge in [0.25, 0.3) is 0 Å². The Balaban J connectivity index is 0.980. The summed E-state index contributed by atoms with van der Waals surface area (Å²) < 4.78 is 0. The molecule has 3 aliphatic rings. The predicted molar refractivity (Wildman–Crippen MR) is 244 cm³/mol. The lowest BCUT2D eigenvalue weighted by molar-refractivity contribution is 0.754. The first-order valence-electron chi connectivity index (χ1n) is 20.8. The van der Waals surface area contributed by atoms with Crippen molar-refractivity contribution in [3.63, 3.8) is 0 Å². The molecule has 7 heteroatoms. The van der Waals surface area contributed by atoms with Crippen LogP contribution in [0, 0.1) is 0 Å². The van der Waals surface area contributed by atoms with E-state index >= 15 is 0 Å². The number of rotatable bonds is 7. The zero-order chi connectivity index (χ0) is 41.0. The Kier molecular flexibility index (Phi) is 8.49. The van der Waals surface area contributed by atoms with E-state index in [0.29, 0.717) is 34.9 Å². The van der Waals surface area contributed by atoms with Gasteiger partial charge in [-0.25, -0.2) is 29.9 Å². The number of nitrogens with zero attached hydrogens (tertiary/aromatic N) is 7. The van der Waals surface area contributed by atoms with Crippen LogP contribution in [0.3, 0.4) is 0 Å². The Morgan fingerprint density at radius 2 is 0.597 bits per heavy atom. The lowest BCUT2D eigenvalue weighted by atomic mass is 9.61. The summed E-state index contributed by atoms with van der Waals surface area (Å²) in [6.45, 7) is 0. The molecule has 2 atom stereocenters. The Morgan fingerprint density at radius 1 is 0.242 bits per heavy atom. The van der Waals surface area contributed by atoms with E-state index in [1.165, 1.54) is 33.4 Å². The van der Waals surface area contributed by atoms with E-state index < -0.39 is 0 Å². The molecule has 2 bridgehead atoms. The highest BCUT2D eigenvalue weighted by atomic mass is 15.0. The zero-order valence-electron chi connectivity index (χ0n) is 33.3. The third-order valence-electron chi connectivity index (χ3n) is 12.0. The van der Waals surface area contributed by atoms with Gasteiger partial charge in [-0.3, -0.25) is 4.98 Å². The smallest absolute Gasteiger partial charge is 0.164 e. The van der Waals surface area contributed by atoms with E-state index in [4.69, 9.17) is 29.9 Å². The van der Waals surface area contributed by atoms with Gasteiger partial charge in [-0.2, -0.15) is 0 Å². The number of pyridine rings is 1. The van der Waals surface area contributed by atoms with Crippen LogP contribution >= 0.6 is 0 Å². The van der Waals surface area contributed by atoms with Gasteiger partial charge in [-0.15, -0.1) is 0 Å². The van der Waals surface area contributed by atoms with Crippen LogP contribution in [-0.2, 0) is 0 Å². The number of hydrogen-bond acceptors (Lipinski definition) is 7. The van der Waals surface area contributed by atoms with E-state index in [2.05, 4.69) is 89.9 Å². The maximum Gasteiger partial charge on any atom is 0.164 e. The topological polar surface area (TPSA) is 90.2 Å². The Bertz CT molecular complexity index is 3240. The molecule has 0 N–H and O–H groups in total. The quantitative estimate of drug-likeness (QED) is 0.159. The summed E-state index contributed by atoms with van der Waals surface area (Å²) in [5, 5.41) is 0. The van der Waals surface area contributed by atoms with Crippen LogP contribution in [0.1, 0.15) is 45.2 Å². The lowest BCUT2D eigenvalue weighted by Crippen LogP contribution is -2.27. The largest absolute Gasteiger partial charge is 0.264 e. The van der Waals surface area contributed by atoms with Gasteiger partial charge >= 0.3 is 0 Å². The molecule has 7 nitrogen and oxygen atoms in total. The molecule has 0 amide bonds. The van der Waals surface area contributed by atoms with Crippen molar-refractivity contribution in [1.29, 1.82) is 0 Å². The first-order chi connectivity index (χ1) is 30.7. The van der Waals surface area contributed by atoms with Crippen molar-refractivity contribution in [3.8, 4) is 79.5 Å². The molecule has 0 radical (unpaired) electrons. The van der Waals surface area contributed by atoms with Gasteiger partial charge in [0, 0.05) is 63.2 Å². The molecule has 62 heavy (non-hydrogen) atoms. The van der Waals surface area contributed by atoms with Crippen molar-refractivity contribution >= 4 is 0 Å². The van der Waals surface area contributed by atoms with Gasteiger partial charge < -0.3 is 0 Å². The Morgan fingerprint density at radius 3 is 1.03 bits per heavy atom. The third kappa shape index (κ3) is 6.18. The molecule has 0 spiro atoms. The fourth-order valence-electron chi connectivity index (χ4n) is 9.15. The summed E-state index contributed by atoms with van der Waals surface area (Å²) >= 11 is 0. The minimum Gasteiger partial charge on any atom is -0.264 e. The highest BCUT2D eigenvalue weighted by Gasteiger charge is 2.41. The summed E-state index contributed by atoms with van der Waals surface area (Å²) in [4.78, 5) is 34.8. The maximum atomic E-state index is 5.18. The molecule has 13 rings (SSSR count). The average Bonchev–Trinajstić information content (AvgIpc) is 3.36. The standard InChI is InChI=1S/C55H35N7/c1-4-14-34(15-5-1)50-57-51(35-16-6-2-7-17-35)60-54(59-50)39-25-27-44-46(31-39)48-42-23-10-11-24-43(42)49(44)47-32-40(26-28-45(47)48)55-61-52(36-18-8-3-9-19-36)58-53(62-55)38-21-12-20-37(30-38)41-22-13-29-56-33-41/h1-33,48-49H. The second kappa shape index (κ2) is 14.8. The van der Waals surface area contributed by atoms with Gasteiger partial charge in [-0.1, -0.05) is 164 Å². The molecule has 3 heterocycles. The summed E-state index contributed by atoms with van der Waals surface area (Å²) in [5.74, 6) is 3.88. The first kappa shape index (κ1) is 35.6. The molecule has 3 aromatic heterocycles. The molecular weight excluding hydrogens is 759 g/mol. The van der Waals surface area contributed by atoms with Crippen LogP contribution in [0.5, 0.6) is 0 Å². The molecule has 0 fully saturated rings. The van der Waals surface area contributed by atoms with E-state index in [1.807, 2.05) is 109 Å². The number of hydrogen-bond donors (Lipinski definition) is 0. The van der Waals surface area contributed by atoms with Crippen molar-refractivity contribution in [2.75, 3.05) is 0 Å². The van der Waals surface area contributed by atoms with Crippen molar-refractivity contribution < 1.29 is 0 Å². The lowest BCUT2D eigenvalue weighted by Gasteiger charge is -2.42. The van der Waals surface area contributed by atoms with Crippen molar-refractivity contribution in [3.05, 3.63) is 234 Å². The van der Waals surface area contributed by atoms with Crippen molar-refractivity contribution in [1.82, 2.24) is 34.9 Å². The highest BCUT2D eigenvalue weighted by molar-refractivity contribution is 5.76. The molecule has 0 saturated carbocycles. The van der Waals surface area contributed by atoms with E-state index in [0.717, 1.165) is 44.5 Å². The summed E-state index contributed by atoms with van der Waals surface area (Å²) in [6.07, 6.45) is 3.67. The molecule has 3 aliphatic carbocycles. The molecule has 7 aromatic carbocycles. The molecule has 0 aliphatic heterocycles. The summed E-state index contributed by atoms with van der Waals surface area (Å²) in [5.41, 5.74) is 15.5. The van der Waals surface area contributed by atoms with Gasteiger partial charge in [0.2, 0.25) is 0 Å². The van der Waals surface area contributed by atoms with Crippen LogP contribution in [0.4, 0.5) is 0 Å². The molecular formula is C55H35N7. The van der Waals surface area contributed by atoms with Crippen LogP contribution in [-0.4, -0.2) is 34.9 Å². The monoisotopic (exact) mass is 793 g/mol. The average molecular weight is 794 g/mol. The minimum atomic E-state index is 0.0272. The van der Waals surface area contributed by atoms with Gasteiger partial charge in [0.15, 0.2) is 34.9 Å². The zero-order valence-corrected chi connectivity index (χ0v) is 33.3. The van der Waals surface area contributed by atoms with Crippen molar-refractivity contribution in [2.45, 2.75) is 11.8 Å². The Hall–Kier alpha value is -8.29. The normalized spacial score (nSPS) is 14.5. The summed E-state index contributed by atoms with van der Waals surface area (Å²) in [7, 11) is 0. The van der Waals surface area contributed by atoms with Crippen LogP contribution in [0.25, 0.3) is 79.5 Å². The van der Waals surface area contributed by atoms with E-state index in [1.54, 1.807) is 6.20 Å². The SMILES string of the molecule is c1ccc(-c2nc(-c3ccccc3)nc(-c3ccc4c(c3)C3c5ccccc5C4c4cc(-c5nc(-c6ccccc6)nc(-c6cccc(-c7cccnc7)c6)n5)ccc43)n2)cc1. The van der Waals surface area contributed by atoms with Crippen LogP contribution in [0.15, 0.2) is 200 Å². The van der Waals surface area contributed by atoms with E-state index in [-0.39, 0.29) is 11.8 Å². The predicted octanol–water partition coefficient (Wildman–Crippen LogP) is 12.1. The third-order valence-corrected chi connectivity index (χ3v) is 12.0. The van der Waals surface area contributed by atoms with E-state index in [9.17, 15) is 0 Å². The minimum absolute atomic E-state index is 0.0272. The van der Waals surface area contributed by atoms with Crippen molar-refractivity contribution in [2.24, 2.45) is 0 Å². The van der Waals surface area contributed by atoms with Gasteiger partial charge in [0.1, 0.15) is 0 Å². The van der Waals surface area contributed by atoms with Gasteiger partial charge in [-0.05, 0) is 63.2 Å². The molecule has 0 saturated heterocycles. The molecule has 290 valence electrons. The van der Waals surface area contributed by atoms with Gasteiger partial charge in [0.05, 0.1) is 0 Å². The Labute approximate surface area is 358 Å². The fraction of sp³-hybridized carbons (Fsp3) is 0.0364. The molecule has 10 aromatic rings. The first-order valence-corrected chi connectivity index (χ1v) is 20.8. The maximum absolute atomic E-state index is 5.18. The number of aromatic nitrogens is 7. The molecule has 2 unspecified atom stereocenters. The second-order valence-electron chi connectivity index (χ2n) is 15.7. The number of benzene rings is 7.